The van der Waals surface area contributed by atoms with Crippen LogP contribution in [0.15, 0.2) is 70.4 Å². The molecule has 1 aromatic heterocycles. The second-order valence-corrected chi connectivity index (χ2v) is 13.3. The minimum Gasteiger partial charge on any atom is -0.344 e. The molecule has 5 rings (SSSR count). The first kappa shape index (κ1) is 31.2. The van der Waals surface area contributed by atoms with Gasteiger partial charge in [-0.3, -0.25) is 24.6 Å². The lowest BCUT2D eigenvalue weighted by Gasteiger charge is -2.28. The Labute approximate surface area is 256 Å². The van der Waals surface area contributed by atoms with Gasteiger partial charge < -0.3 is 16.4 Å². The number of rotatable bonds is 10. The van der Waals surface area contributed by atoms with Gasteiger partial charge in [-0.25, -0.2) is 13.1 Å². The molecule has 232 valence electrons. The van der Waals surface area contributed by atoms with Crippen LogP contribution in [0.4, 0.5) is 5.69 Å². The maximum atomic E-state index is 13.6. The number of H-pyrrole nitrogens is 2. The number of nitrogens with one attached hydrogen (secondary N) is 5. The van der Waals surface area contributed by atoms with Gasteiger partial charge in [0, 0.05) is 18.0 Å². The molecule has 0 unspecified atom stereocenters. The van der Waals surface area contributed by atoms with E-state index in [1.807, 2.05) is 31.2 Å². The SMILES string of the molecule is CNS(=O)(=O)c1ccc(-c2ccc(C[C@H](NC(=O)C3CCC(CN)CC3)C(=O)Nc3ccc4c(=O)[nH][nH]c4c3)cc2)c(C)c1. The lowest BCUT2D eigenvalue weighted by Crippen LogP contribution is -2.48. The molecule has 1 fully saturated rings. The monoisotopic (exact) mass is 618 g/mol. The largest absolute Gasteiger partial charge is 0.344 e. The van der Waals surface area contributed by atoms with E-state index >= 15 is 0 Å². The number of hydrogen-bond donors (Lipinski definition) is 6. The number of carbonyl (C=O) groups is 2. The second kappa shape index (κ2) is 13.2. The van der Waals surface area contributed by atoms with Crippen LogP contribution in [-0.2, 0) is 26.0 Å². The summed E-state index contributed by atoms with van der Waals surface area (Å²) in [4.78, 5) is 39.0. The number of nitrogens with two attached hydrogens (primary N) is 1. The summed E-state index contributed by atoms with van der Waals surface area (Å²) in [5, 5.41) is 11.7. The zero-order valence-electron chi connectivity index (χ0n) is 24.8. The van der Waals surface area contributed by atoms with Crippen molar-refractivity contribution in [3.05, 3.63) is 82.1 Å². The molecule has 7 N–H and O–H groups in total. The highest BCUT2D eigenvalue weighted by Crippen LogP contribution is 2.29. The number of benzene rings is 3. The number of amides is 2. The smallest absolute Gasteiger partial charge is 0.271 e. The van der Waals surface area contributed by atoms with E-state index in [0.29, 0.717) is 29.1 Å². The van der Waals surface area contributed by atoms with E-state index in [1.165, 1.54) is 7.05 Å². The fraction of sp³-hybridized carbons (Fsp3) is 0.344. The van der Waals surface area contributed by atoms with E-state index in [2.05, 4.69) is 25.6 Å². The highest BCUT2D eigenvalue weighted by Gasteiger charge is 2.29. The van der Waals surface area contributed by atoms with E-state index in [0.717, 1.165) is 47.9 Å². The number of anilines is 1. The maximum absolute atomic E-state index is 13.6. The lowest BCUT2D eigenvalue weighted by molar-refractivity contribution is -0.130. The number of aromatic amines is 2. The van der Waals surface area contributed by atoms with Gasteiger partial charge in [0.15, 0.2) is 0 Å². The highest BCUT2D eigenvalue weighted by molar-refractivity contribution is 7.89. The summed E-state index contributed by atoms with van der Waals surface area (Å²) in [5.74, 6) is -0.254. The summed E-state index contributed by atoms with van der Waals surface area (Å²) in [7, 11) is -2.17. The average Bonchev–Trinajstić information content (AvgIpc) is 3.40. The minimum atomic E-state index is -3.55. The van der Waals surface area contributed by atoms with Gasteiger partial charge in [0.1, 0.15) is 6.04 Å². The lowest BCUT2D eigenvalue weighted by atomic mass is 9.81. The van der Waals surface area contributed by atoms with Gasteiger partial charge in [0.25, 0.3) is 5.56 Å². The van der Waals surface area contributed by atoms with Crippen molar-refractivity contribution in [2.75, 3.05) is 18.9 Å². The Morgan fingerprint density at radius 3 is 2.36 bits per heavy atom. The third-order valence-electron chi connectivity index (χ3n) is 8.51. The second-order valence-electron chi connectivity index (χ2n) is 11.4. The summed E-state index contributed by atoms with van der Waals surface area (Å²) >= 11 is 0. The van der Waals surface area contributed by atoms with Crippen molar-refractivity contribution in [2.45, 2.75) is 50.0 Å². The van der Waals surface area contributed by atoms with Crippen LogP contribution < -0.4 is 26.6 Å². The van der Waals surface area contributed by atoms with Gasteiger partial charge in [-0.1, -0.05) is 30.3 Å². The Bertz CT molecular complexity index is 1820. The Morgan fingerprint density at radius 1 is 0.977 bits per heavy atom. The van der Waals surface area contributed by atoms with E-state index in [1.54, 1.807) is 36.4 Å². The molecule has 0 saturated heterocycles. The van der Waals surface area contributed by atoms with Crippen LogP contribution in [0.3, 0.4) is 0 Å². The summed E-state index contributed by atoms with van der Waals surface area (Å²) < 4.78 is 26.7. The summed E-state index contributed by atoms with van der Waals surface area (Å²) in [6.45, 7) is 2.47. The van der Waals surface area contributed by atoms with Crippen LogP contribution >= 0.6 is 0 Å². The van der Waals surface area contributed by atoms with Crippen molar-refractivity contribution in [1.82, 2.24) is 20.2 Å². The number of fused-ring (bicyclic) bond motifs is 1. The van der Waals surface area contributed by atoms with Crippen molar-refractivity contribution < 1.29 is 18.0 Å². The van der Waals surface area contributed by atoms with Gasteiger partial charge in [-0.2, -0.15) is 0 Å². The number of carbonyl (C=O) groups excluding carboxylic acids is 2. The molecule has 0 spiro atoms. The Morgan fingerprint density at radius 2 is 1.70 bits per heavy atom. The molecule has 11 nitrogen and oxygen atoms in total. The van der Waals surface area contributed by atoms with Gasteiger partial charge in [-0.05, 0) is 105 Å². The predicted octanol–water partition coefficient (Wildman–Crippen LogP) is 3.17. The van der Waals surface area contributed by atoms with Gasteiger partial charge in [0.2, 0.25) is 21.8 Å². The summed E-state index contributed by atoms with van der Waals surface area (Å²) in [6.07, 6.45) is 3.52. The molecule has 1 heterocycles. The average molecular weight is 619 g/mol. The van der Waals surface area contributed by atoms with Crippen molar-refractivity contribution in [1.29, 1.82) is 0 Å². The molecule has 4 aromatic rings. The first-order chi connectivity index (χ1) is 21.1. The molecule has 3 aromatic carbocycles. The number of hydrogen-bond acceptors (Lipinski definition) is 6. The molecule has 0 bridgehead atoms. The fourth-order valence-electron chi connectivity index (χ4n) is 5.80. The van der Waals surface area contributed by atoms with Gasteiger partial charge in [-0.15, -0.1) is 0 Å². The van der Waals surface area contributed by atoms with Crippen molar-refractivity contribution in [2.24, 2.45) is 17.6 Å². The van der Waals surface area contributed by atoms with E-state index in [-0.39, 0.29) is 34.6 Å². The molecule has 12 heteroatoms. The zero-order valence-corrected chi connectivity index (χ0v) is 25.6. The van der Waals surface area contributed by atoms with E-state index < -0.39 is 16.1 Å². The molecule has 1 saturated carbocycles. The van der Waals surface area contributed by atoms with E-state index in [4.69, 9.17) is 5.73 Å². The minimum absolute atomic E-state index is 0.144. The molecular formula is C32H38N6O5S. The topological polar surface area (TPSA) is 179 Å². The predicted molar refractivity (Wildman–Crippen MR) is 171 cm³/mol. The van der Waals surface area contributed by atoms with Crippen molar-refractivity contribution >= 4 is 38.4 Å². The number of aryl methyl sites for hydroxylation is 1. The molecule has 0 radical (unpaired) electrons. The van der Waals surface area contributed by atoms with Crippen LogP contribution in [0.25, 0.3) is 22.0 Å². The highest BCUT2D eigenvalue weighted by atomic mass is 32.2. The normalized spacial score (nSPS) is 17.7. The van der Waals surface area contributed by atoms with E-state index in [9.17, 15) is 22.8 Å². The van der Waals surface area contributed by atoms with Crippen LogP contribution in [0.5, 0.6) is 0 Å². The standard InChI is InChI=1S/C32H38N6O5S/c1-19-15-25(44(42,43)34-2)12-14-26(19)22-7-3-20(4-8-22)16-29(36-30(39)23-9-5-21(18-33)6-10-23)32(41)35-24-11-13-27-28(17-24)37-38-31(27)40/h3-4,7-8,11-15,17,21,23,29,34H,5-6,9-10,16,18,33H2,1-2H3,(H,35,41)(H,36,39)(H2,37,38,40)/t21?,23?,29-/m0/s1. The third kappa shape index (κ3) is 6.93. The Hall–Kier alpha value is -4.26. The fourth-order valence-corrected chi connectivity index (χ4v) is 6.62. The van der Waals surface area contributed by atoms with Gasteiger partial charge >= 0.3 is 0 Å². The molecule has 1 aliphatic carbocycles. The van der Waals surface area contributed by atoms with Crippen LogP contribution in [-0.4, -0.2) is 50.1 Å². The van der Waals surface area contributed by atoms with Crippen molar-refractivity contribution in [3.8, 4) is 11.1 Å². The molecule has 44 heavy (non-hydrogen) atoms. The Balaban J connectivity index is 1.34. The first-order valence-corrected chi connectivity index (χ1v) is 16.2. The molecule has 1 aliphatic rings. The molecule has 0 aliphatic heterocycles. The Kier molecular flexibility index (Phi) is 9.33. The van der Waals surface area contributed by atoms with Crippen molar-refractivity contribution in [3.63, 3.8) is 0 Å². The molecular weight excluding hydrogens is 580 g/mol. The quantitative estimate of drug-likeness (QED) is 0.159. The summed E-state index contributed by atoms with van der Waals surface area (Å²) in [5.41, 5.74) is 10.1. The number of aromatic nitrogens is 2. The molecule has 1 atom stereocenters. The zero-order chi connectivity index (χ0) is 31.4. The first-order valence-electron chi connectivity index (χ1n) is 14.7. The maximum Gasteiger partial charge on any atom is 0.271 e. The summed E-state index contributed by atoms with van der Waals surface area (Å²) in [6, 6.07) is 16.7. The van der Waals surface area contributed by atoms with Crippen LogP contribution in [0.2, 0.25) is 0 Å². The third-order valence-corrected chi connectivity index (χ3v) is 9.92. The van der Waals surface area contributed by atoms with Crippen LogP contribution in [0.1, 0.15) is 36.8 Å². The molecule has 2 amide bonds. The van der Waals surface area contributed by atoms with Gasteiger partial charge in [0.05, 0.1) is 15.8 Å². The number of sulfonamides is 1. The van der Waals surface area contributed by atoms with Crippen LogP contribution in [0, 0.1) is 18.8 Å².